The molecule has 2 aromatic carbocycles. The van der Waals surface area contributed by atoms with Gasteiger partial charge in [-0.05, 0) is 31.0 Å². The molecular formula is C20H20O4. The van der Waals surface area contributed by atoms with Gasteiger partial charge in [-0.25, -0.2) is 0 Å². The maximum atomic E-state index is 10.4. The summed E-state index contributed by atoms with van der Waals surface area (Å²) in [5.74, 6) is 1.11. The molecule has 2 aliphatic heterocycles. The van der Waals surface area contributed by atoms with Gasteiger partial charge in [-0.2, -0.15) is 0 Å². The van der Waals surface area contributed by atoms with E-state index in [0.717, 1.165) is 16.9 Å². The normalized spacial score (nSPS) is 20.6. The molecule has 0 saturated carbocycles. The molecule has 4 rings (SSSR count). The molecule has 1 atom stereocenters. The van der Waals surface area contributed by atoms with Crippen molar-refractivity contribution < 1.29 is 19.3 Å². The zero-order valence-corrected chi connectivity index (χ0v) is 14.2. The first-order chi connectivity index (χ1) is 11.4. The van der Waals surface area contributed by atoms with E-state index in [1.807, 2.05) is 64.1 Å². The Morgan fingerprint density at radius 2 is 1.75 bits per heavy atom. The van der Waals surface area contributed by atoms with Crippen LogP contribution in [0.4, 0.5) is 0 Å². The van der Waals surface area contributed by atoms with Gasteiger partial charge < -0.3 is 19.3 Å². The van der Waals surface area contributed by atoms with Crippen molar-refractivity contribution in [2.75, 3.05) is 0 Å². The number of benzene rings is 2. The van der Waals surface area contributed by atoms with Gasteiger partial charge in [0.15, 0.2) is 11.5 Å². The number of ether oxygens (including phenoxy) is 3. The number of aromatic hydroxyl groups is 1. The lowest BCUT2D eigenvalue weighted by Gasteiger charge is -2.40. The predicted octanol–water partition coefficient (Wildman–Crippen LogP) is 4.71. The van der Waals surface area contributed by atoms with Crippen LogP contribution in [0.3, 0.4) is 0 Å². The van der Waals surface area contributed by atoms with Gasteiger partial charge >= 0.3 is 0 Å². The fourth-order valence-electron chi connectivity index (χ4n) is 3.28. The van der Waals surface area contributed by atoms with E-state index >= 15 is 0 Å². The maximum Gasteiger partial charge on any atom is 0.246 e. The van der Waals surface area contributed by atoms with Crippen molar-refractivity contribution in [2.45, 2.75) is 39.6 Å². The third-order valence-corrected chi connectivity index (χ3v) is 4.43. The minimum atomic E-state index is -0.856. The van der Waals surface area contributed by atoms with Crippen LogP contribution in [0.1, 0.15) is 43.6 Å². The molecule has 0 aromatic heterocycles. The summed E-state index contributed by atoms with van der Waals surface area (Å²) in [5, 5.41) is 10.4. The van der Waals surface area contributed by atoms with Gasteiger partial charge in [0.1, 0.15) is 23.2 Å². The van der Waals surface area contributed by atoms with Crippen molar-refractivity contribution >= 4 is 5.76 Å². The Kier molecular flexibility index (Phi) is 3.07. The second-order valence-electron chi connectivity index (χ2n) is 6.77. The Balaban J connectivity index is 1.96. The van der Waals surface area contributed by atoms with Crippen LogP contribution < -0.4 is 9.47 Å². The molecule has 1 N–H and O–H groups in total. The third kappa shape index (κ3) is 2.13. The highest BCUT2D eigenvalue weighted by Gasteiger charge is 2.41. The number of phenols is 1. The van der Waals surface area contributed by atoms with Crippen LogP contribution in [-0.4, -0.2) is 10.9 Å². The molecule has 0 fully saturated rings. The summed E-state index contributed by atoms with van der Waals surface area (Å²) < 4.78 is 18.2. The zero-order chi connectivity index (χ0) is 17.1. The smallest absolute Gasteiger partial charge is 0.246 e. The Bertz CT molecular complexity index is 850. The van der Waals surface area contributed by atoms with Crippen molar-refractivity contribution in [1.29, 1.82) is 0 Å². The minimum Gasteiger partial charge on any atom is -0.504 e. The molecule has 4 heteroatoms. The van der Waals surface area contributed by atoms with Crippen molar-refractivity contribution in [1.82, 2.24) is 0 Å². The quantitative estimate of drug-likeness (QED) is 0.825. The van der Waals surface area contributed by atoms with E-state index in [-0.39, 0.29) is 11.9 Å². The van der Waals surface area contributed by atoms with Crippen LogP contribution >= 0.6 is 0 Å². The molecule has 2 aromatic rings. The second kappa shape index (κ2) is 4.94. The Labute approximate surface area is 141 Å². The van der Waals surface area contributed by atoms with Crippen LogP contribution in [0.15, 0.2) is 42.0 Å². The van der Waals surface area contributed by atoms with Crippen LogP contribution in [-0.2, 0) is 4.74 Å². The summed E-state index contributed by atoms with van der Waals surface area (Å²) in [7, 11) is 0. The van der Waals surface area contributed by atoms with E-state index in [4.69, 9.17) is 14.2 Å². The monoisotopic (exact) mass is 324 g/mol. The van der Waals surface area contributed by atoms with E-state index in [9.17, 15) is 5.11 Å². The molecule has 2 heterocycles. The van der Waals surface area contributed by atoms with Gasteiger partial charge in [-0.1, -0.05) is 30.3 Å². The van der Waals surface area contributed by atoms with Crippen molar-refractivity contribution in [3.8, 4) is 17.2 Å². The predicted molar refractivity (Wildman–Crippen MR) is 91.0 cm³/mol. The topological polar surface area (TPSA) is 47.9 Å². The first-order valence-electron chi connectivity index (χ1n) is 8.05. The van der Waals surface area contributed by atoms with Crippen LogP contribution in [0.25, 0.3) is 5.76 Å². The van der Waals surface area contributed by atoms with Crippen LogP contribution in [0.5, 0.6) is 17.2 Å². The molecule has 0 aliphatic carbocycles. The van der Waals surface area contributed by atoms with E-state index < -0.39 is 5.79 Å². The zero-order valence-electron chi connectivity index (χ0n) is 14.2. The molecule has 4 nitrogen and oxygen atoms in total. The average Bonchev–Trinajstić information content (AvgIpc) is 2.55. The molecule has 0 spiro atoms. The van der Waals surface area contributed by atoms with Gasteiger partial charge in [0.2, 0.25) is 5.79 Å². The highest BCUT2D eigenvalue weighted by Crippen LogP contribution is 2.54. The number of hydrogen-bond donors (Lipinski definition) is 1. The first-order valence-corrected chi connectivity index (χ1v) is 8.05. The number of phenolic OH excluding ortho intramolecular Hbond substituents is 1. The van der Waals surface area contributed by atoms with Gasteiger partial charge in [-0.15, -0.1) is 0 Å². The second-order valence-corrected chi connectivity index (χ2v) is 6.77. The van der Waals surface area contributed by atoms with Crippen LogP contribution in [0, 0.1) is 6.92 Å². The molecule has 0 radical (unpaired) electrons. The summed E-state index contributed by atoms with van der Waals surface area (Å²) in [6, 6.07) is 11.9. The molecule has 1 unspecified atom stereocenters. The third-order valence-electron chi connectivity index (χ3n) is 4.43. The van der Waals surface area contributed by atoms with Crippen LogP contribution in [0.2, 0.25) is 0 Å². The molecule has 0 amide bonds. The summed E-state index contributed by atoms with van der Waals surface area (Å²) in [4.78, 5) is 0. The lowest BCUT2D eigenvalue weighted by atomic mass is 9.93. The molecule has 0 saturated heterocycles. The Hall–Kier alpha value is -2.62. The van der Waals surface area contributed by atoms with E-state index in [2.05, 4.69) is 0 Å². The Morgan fingerprint density at radius 3 is 2.46 bits per heavy atom. The van der Waals surface area contributed by atoms with Crippen molar-refractivity contribution in [2.24, 2.45) is 0 Å². The SMILES string of the molecule is CC1=C2OC(C)(C)Oc3c(O)c(C)cc(c32)OC1c1ccccc1. The highest BCUT2D eigenvalue weighted by molar-refractivity contribution is 5.80. The summed E-state index contributed by atoms with van der Waals surface area (Å²) in [5.41, 5.74) is 3.44. The van der Waals surface area contributed by atoms with Crippen molar-refractivity contribution in [3.05, 3.63) is 58.7 Å². The van der Waals surface area contributed by atoms with E-state index in [1.54, 1.807) is 0 Å². The number of rotatable bonds is 1. The molecule has 2 aliphatic rings. The standard InChI is InChI=1S/C20H20O4/c1-11-10-14-15-18(23-20(3,4)24-19(15)16(11)21)12(2)17(22-14)13-8-6-5-7-9-13/h5-10,17,21H,1-4H3. The van der Waals surface area contributed by atoms with E-state index in [0.29, 0.717) is 22.6 Å². The molecule has 0 bridgehead atoms. The van der Waals surface area contributed by atoms with Gasteiger partial charge in [0, 0.05) is 19.4 Å². The first kappa shape index (κ1) is 14.9. The summed E-state index contributed by atoms with van der Waals surface area (Å²) in [6.07, 6.45) is -0.223. The lowest BCUT2D eigenvalue weighted by molar-refractivity contribution is -0.116. The molecule has 24 heavy (non-hydrogen) atoms. The van der Waals surface area contributed by atoms with Gasteiger partial charge in [-0.3, -0.25) is 0 Å². The minimum absolute atomic E-state index is 0.136. The molecular weight excluding hydrogens is 304 g/mol. The number of aryl methyl sites for hydroxylation is 1. The number of hydrogen-bond acceptors (Lipinski definition) is 4. The summed E-state index contributed by atoms with van der Waals surface area (Å²) >= 11 is 0. The van der Waals surface area contributed by atoms with Gasteiger partial charge in [0.05, 0.1) is 0 Å². The van der Waals surface area contributed by atoms with Crippen molar-refractivity contribution in [3.63, 3.8) is 0 Å². The summed E-state index contributed by atoms with van der Waals surface area (Å²) in [6.45, 7) is 7.51. The highest BCUT2D eigenvalue weighted by atomic mass is 16.7. The molecule has 124 valence electrons. The van der Waals surface area contributed by atoms with E-state index in [1.165, 1.54) is 0 Å². The van der Waals surface area contributed by atoms with Gasteiger partial charge in [0.25, 0.3) is 0 Å². The fraction of sp³-hybridized carbons (Fsp3) is 0.300. The lowest BCUT2D eigenvalue weighted by Crippen LogP contribution is -2.37. The average molecular weight is 324 g/mol. The Morgan fingerprint density at radius 1 is 1.04 bits per heavy atom. The maximum absolute atomic E-state index is 10.4. The fourth-order valence-corrected chi connectivity index (χ4v) is 3.28. The largest absolute Gasteiger partial charge is 0.504 e.